The molecule has 0 aliphatic carbocycles. The first-order valence-corrected chi connectivity index (χ1v) is 5.32. The highest BCUT2D eigenvalue weighted by Gasteiger charge is 2.05. The number of aromatic nitrogens is 1. The van der Waals surface area contributed by atoms with Gasteiger partial charge in [-0.1, -0.05) is 17.7 Å². The fraction of sp³-hybridized carbons (Fsp3) is 0. The van der Waals surface area contributed by atoms with E-state index in [1.807, 2.05) is 24.3 Å². The summed E-state index contributed by atoms with van der Waals surface area (Å²) in [5.74, 6) is 0. The number of pyridine rings is 1. The smallest absolute Gasteiger partial charge is 0.102 e. The van der Waals surface area contributed by atoms with Crippen molar-refractivity contribution in [2.75, 3.05) is 0 Å². The molecule has 0 aliphatic rings. The summed E-state index contributed by atoms with van der Waals surface area (Å²) in [5, 5.41) is 10.1. The summed E-state index contributed by atoms with van der Waals surface area (Å²) >= 11 is 8.24. The Morgan fingerprint density at radius 1 is 1.43 bits per heavy atom. The summed E-state index contributed by atoms with van der Waals surface area (Å²) in [5.41, 5.74) is 1.24. The van der Waals surface area contributed by atoms with Crippen LogP contribution in [0, 0.1) is 14.9 Å². The number of hydrogen-bond donors (Lipinski definition) is 0. The lowest BCUT2D eigenvalue weighted by molar-refractivity contribution is 1.37. The Hall–Kier alpha value is -0.860. The Kier molecular flexibility index (Phi) is 2.57. The molecule has 4 heteroatoms. The van der Waals surface area contributed by atoms with E-state index in [0.29, 0.717) is 10.6 Å². The Labute approximate surface area is 99.7 Å². The van der Waals surface area contributed by atoms with E-state index >= 15 is 0 Å². The van der Waals surface area contributed by atoms with Crippen LogP contribution in [0.2, 0.25) is 5.02 Å². The largest absolute Gasteiger partial charge is 0.255 e. The van der Waals surface area contributed by atoms with Crippen LogP contribution in [0.3, 0.4) is 0 Å². The van der Waals surface area contributed by atoms with Gasteiger partial charge in [0.25, 0.3) is 0 Å². The van der Waals surface area contributed by atoms with Gasteiger partial charge in [-0.05, 0) is 34.7 Å². The van der Waals surface area contributed by atoms with Crippen LogP contribution in [0.25, 0.3) is 10.9 Å². The summed E-state index contributed by atoms with van der Waals surface area (Å²) in [6.45, 7) is 0. The van der Waals surface area contributed by atoms with E-state index in [2.05, 4.69) is 27.6 Å². The topological polar surface area (TPSA) is 36.7 Å². The predicted octanol–water partition coefficient (Wildman–Crippen LogP) is 3.36. The lowest BCUT2D eigenvalue weighted by Gasteiger charge is -2.01. The second-order valence-corrected chi connectivity index (χ2v) is 4.38. The van der Waals surface area contributed by atoms with Gasteiger partial charge in [-0.15, -0.1) is 0 Å². The Bertz CT molecular complexity index is 546. The third kappa shape index (κ3) is 1.56. The lowest BCUT2D eigenvalue weighted by Crippen LogP contribution is -1.85. The van der Waals surface area contributed by atoms with Gasteiger partial charge in [0.1, 0.15) is 6.07 Å². The molecular weight excluding hydrogens is 310 g/mol. The van der Waals surface area contributed by atoms with E-state index in [1.165, 1.54) is 6.20 Å². The molecule has 0 fully saturated rings. The van der Waals surface area contributed by atoms with Crippen molar-refractivity contribution in [1.82, 2.24) is 4.98 Å². The number of hydrogen-bond acceptors (Lipinski definition) is 2. The molecule has 2 aromatic rings. The van der Waals surface area contributed by atoms with Crippen LogP contribution in [0.5, 0.6) is 0 Å². The zero-order valence-electron chi connectivity index (χ0n) is 6.96. The quantitative estimate of drug-likeness (QED) is 0.699. The zero-order valence-corrected chi connectivity index (χ0v) is 9.87. The van der Waals surface area contributed by atoms with Gasteiger partial charge in [-0.2, -0.15) is 5.26 Å². The van der Waals surface area contributed by atoms with E-state index in [-0.39, 0.29) is 0 Å². The van der Waals surface area contributed by atoms with Gasteiger partial charge < -0.3 is 0 Å². The molecule has 0 amide bonds. The maximum atomic E-state index is 8.76. The first-order chi connectivity index (χ1) is 6.72. The van der Waals surface area contributed by atoms with Crippen LogP contribution in [0.4, 0.5) is 0 Å². The van der Waals surface area contributed by atoms with E-state index < -0.39 is 0 Å². The van der Waals surface area contributed by atoms with Crippen molar-refractivity contribution in [1.29, 1.82) is 5.26 Å². The van der Waals surface area contributed by atoms with E-state index in [4.69, 9.17) is 16.9 Å². The van der Waals surface area contributed by atoms with Crippen molar-refractivity contribution in [3.63, 3.8) is 0 Å². The van der Waals surface area contributed by atoms with Crippen LogP contribution >= 0.6 is 34.2 Å². The third-order valence-electron chi connectivity index (χ3n) is 1.89. The second-order valence-electron chi connectivity index (χ2n) is 2.76. The highest BCUT2D eigenvalue weighted by Crippen LogP contribution is 2.26. The van der Waals surface area contributed by atoms with E-state index in [9.17, 15) is 0 Å². The first-order valence-electron chi connectivity index (χ1n) is 3.86. The molecule has 0 N–H and O–H groups in total. The van der Waals surface area contributed by atoms with Gasteiger partial charge in [-0.3, -0.25) is 4.98 Å². The van der Waals surface area contributed by atoms with Crippen molar-refractivity contribution >= 4 is 45.1 Å². The number of nitrogens with zero attached hydrogens (tertiary/aromatic N) is 2. The average molecular weight is 315 g/mol. The van der Waals surface area contributed by atoms with Crippen molar-refractivity contribution < 1.29 is 0 Å². The Morgan fingerprint density at radius 3 is 2.93 bits per heavy atom. The predicted molar refractivity (Wildman–Crippen MR) is 64.2 cm³/mol. The molecule has 1 aromatic heterocycles. The molecule has 1 heterocycles. The molecule has 0 saturated heterocycles. The minimum atomic E-state index is 0.417. The summed E-state index contributed by atoms with van der Waals surface area (Å²) < 4.78 is 1.10. The molecule has 0 atom stereocenters. The van der Waals surface area contributed by atoms with E-state index in [1.54, 1.807) is 0 Å². The fourth-order valence-electron chi connectivity index (χ4n) is 1.21. The Balaban J connectivity index is 2.85. The molecule has 0 spiro atoms. The standard InChI is InChI=1S/C10H4ClIN2/c11-10-6(4-13)5-14-9-3-7(12)1-2-8(9)10/h1-3,5H. The second kappa shape index (κ2) is 3.71. The number of fused-ring (bicyclic) bond motifs is 1. The highest BCUT2D eigenvalue weighted by molar-refractivity contribution is 14.1. The van der Waals surface area contributed by atoms with Crippen LogP contribution in [-0.4, -0.2) is 4.98 Å². The minimum absolute atomic E-state index is 0.417. The molecule has 0 unspecified atom stereocenters. The molecule has 1 aromatic carbocycles. The van der Waals surface area contributed by atoms with Crippen molar-refractivity contribution in [3.8, 4) is 6.07 Å². The summed E-state index contributed by atoms with van der Waals surface area (Å²) in [7, 11) is 0. The molecule has 0 aliphatic heterocycles. The average Bonchev–Trinajstić information content (AvgIpc) is 2.18. The molecule has 0 bridgehead atoms. The van der Waals surface area contributed by atoms with Gasteiger partial charge in [0.05, 0.1) is 16.1 Å². The van der Waals surface area contributed by atoms with Gasteiger partial charge in [0.2, 0.25) is 0 Å². The van der Waals surface area contributed by atoms with Crippen LogP contribution in [-0.2, 0) is 0 Å². The zero-order chi connectivity index (χ0) is 10.1. The number of rotatable bonds is 0. The minimum Gasteiger partial charge on any atom is -0.255 e. The maximum absolute atomic E-state index is 8.76. The molecule has 2 nitrogen and oxygen atoms in total. The van der Waals surface area contributed by atoms with Crippen LogP contribution < -0.4 is 0 Å². The Morgan fingerprint density at radius 2 is 2.21 bits per heavy atom. The van der Waals surface area contributed by atoms with Crippen molar-refractivity contribution in [2.24, 2.45) is 0 Å². The maximum Gasteiger partial charge on any atom is 0.102 e. The molecular formula is C10H4ClIN2. The monoisotopic (exact) mass is 314 g/mol. The number of nitriles is 1. The van der Waals surface area contributed by atoms with Crippen molar-refractivity contribution in [2.45, 2.75) is 0 Å². The fourth-order valence-corrected chi connectivity index (χ4v) is 1.94. The first kappa shape index (κ1) is 9.69. The van der Waals surface area contributed by atoms with Crippen molar-refractivity contribution in [3.05, 3.63) is 38.6 Å². The highest BCUT2D eigenvalue weighted by atomic mass is 127. The number of halogens is 2. The number of benzene rings is 1. The normalized spacial score (nSPS) is 10.1. The van der Waals surface area contributed by atoms with Gasteiger partial charge >= 0.3 is 0 Å². The van der Waals surface area contributed by atoms with Gasteiger partial charge in [0.15, 0.2) is 0 Å². The van der Waals surface area contributed by atoms with Crippen LogP contribution in [0.15, 0.2) is 24.4 Å². The lowest BCUT2D eigenvalue weighted by atomic mass is 10.2. The summed E-state index contributed by atoms with van der Waals surface area (Å²) in [6, 6.07) is 7.76. The van der Waals surface area contributed by atoms with Gasteiger partial charge in [-0.25, -0.2) is 0 Å². The molecule has 14 heavy (non-hydrogen) atoms. The molecule has 0 saturated carbocycles. The molecule has 0 radical (unpaired) electrons. The summed E-state index contributed by atoms with van der Waals surface area (Å²) in [6.07, 6.45) is 1.50. The van der Waals surface area contributed by atoms with Crippen LogP contribution in [0.1, 0.15) is 5.56 Å². The SMILES string of the molecule is N#Cc1cnc2cc(I)ccc2c1Cl. The molecule has 68 valence electrons. The summed E-state index contributed by atoms with van der Waals surface area (Å²) in [4.78, 5) is 4.16. The van der Waals surface area contributed by atoms with E-state index in [0.717, 1.165) is 14.5 Å². The molecule has 2 rings (SSSR count). The third-order valence-corrected chi connectivity index (χ3v) is 2.96. The van der Waals surface area contributed by atoms with Gasteiger partial charge in [0, 0.05) is 15.2 Å².